The molecule has 0 aliphatic carbocycles. The number of hydrogen-bond donors (Lipinski definition) is 0. The van der Waals surface area contributed by atoms with Crippen LogP contribution < -0.4 is 4.74 Å². The molecule has 122 valence electrons. The van der Waals surface area contributed by atoms with Crippen LogP contribution in [-0.4, -0.2) is 42.2 Å². The summed E-state index contributed by atoms with van der Waals surface area (Å²) in [6.45, 7) is 1.33. The zero-order chi connectivity index (χ0) is 16.4. The van der Waals surface area contributed by atoms with Crippen molar-refractivity contribution >= 4 is 5.91 Å². The standard InChI is InChI=1S/C17H19FN2O3/c1-19-7-3-4-14(19)15-11-23-9-8-20(15)17(21)13-10-12(18)5-6-16(13)22-2/h3-7,10,15H,8-9,11H2,1-2H3. The SMILES string of the molecule is COc1ccc(F)cc1C(=O)N1CCOCC1c1cccn1C. The van der Waals surface area contributed by atoms with E-state index in [1.54, 1.807) is 4.90 Å². The van der Waals surface area contributed by atoms with Gasteiger partial charge in [-0.25, -0.2) is 4.39 Å². The molecule has 0 bridgehead atoms. The van der Waals surface area contributed by atoms with Crippen LogP contribution in [0.4, 0.5) is 4.39 Å². The number of nitrogens with zero attached hydrogens (tertiary/aromatic N) is 2. The number of rotatable bonds is 3. The van der Waals surface area contributed by atoms with Gasteiger partial charge in [-0.2, -0.15) is 0 Å². The highest BCUT2D eigenvalue weighted by molar-refractivity contribution is 5.97. The first-order chi connectivity index (χ1) is 11.1. The first kappa shape index (κ1) is 15.6. The number of carbonyl (C=O) groups excluding carboxylic acids is 1. The van der Waals surface area contributed by atoms with Gasteiger partial charge in [0.05, 0.1) is 31.9 Å². The van der Waals surface area contributed by atoms with Gasteiger partial charge in [0.1, 0.15) is 11.6 Å². The van der Waals surface area contributed by atoms with Gasteiger partial charge in [0.15, 0.2) is 0 Å². The Labute approximate surface area is 134 Å². The highest BCUT2D eigenvalue weighted by atomic mass is 19.1. The molecule has 2 heterocycles. The number of morpholine rings is 1. The Morgan fingerprint density at radius 3 is 2.91 bits per heavy atom. The number of methoxy groups -OCH3 is 1. The lowest BCUT2D eigenvalue weighted by molar-refractivity contribution is -0.00479. The zero-order valence-electron chi connectivity index (χ0n) is 13.2. The number of benzene rings is 1. The lowest BCUT2D eigenvalue weighted by Gasteiger charge is -2.36. The van der Waals surface area contributed by atoms with Crippen LogP contribution in [0.1, 0.15) is 22.1 Å². The van der Waals surface area contributed by atoms with Crippen molar-refractivity contribution in [2.75, 3.05) is 26.9 Å². The van der Waals surface area contributed by atoms with Crippen molar-refractivity contribution in [1.29, 1.82) is 0 Å². The summed E-state index contributed by atoms with van der Waals surface area (Å²) in [7, 11) is 3.40. The highest BCUT2D eigenvalue weighted by Gasteiger charge is 2.32. The molecule has 1 saturated heterocycles. The van der Waals surface area contributed by atoms with E-state index in [9.17, 15) is 9.18 Å². The van der Waals surface area contributed by atoms with Gasteiger partial charge in [0.25, 0.3) is 5.91 Å². The van der Waals surface area contributed by atoms with E-state index >= 15 is 0 Å². The number of aryl methyl sites for hydroxylation is 1. The van der Waals surface area contributed by atoms with E-state index in [4.69, 9.17) is 9.47 Å². The molecular formula is C17H19FN2O3. The molecule has 1 aliphatic heterocycles. The fraction of sp³-hybridized carbons (Fsp3) is 0.353. The average Bonchev–Trinajstić information content (AvgIpc) is 3.00. The number of ether oxygens (including phenoxy) is 2. The molecular weight excluding hydrogens is 299 g/mol. The molecule has 3 rings (SSSR count). The Kier molecular flexibility index (Phi) is 4.34. The monoisotopic (exact) mass is 318 g/mol. The van der Waals surface area contributed by atoms with Crippen molar-refractivity contribution < 1.29 is 18.7 Å². The summed E-state index contributed by atoms with van der Waals surface area (Å²) >= 11 is 0. The number of halogens is 1. The minimum Gasteiger partial charge on any atom is -0.496 e. The number of aromatic nitrogens is 1. The van der Waals surface area contributed by atoms with Crippen LogP contribution in [-0.2, 0) is 11.8 Å². The van der Waals surface area contributed by atoms with Gasteiger partial charge in [-0.3, -0.25) is 4.79 Å². The van der Waals surface area contributed by atoms with Crippen LogP contribution >= 0.6 is 0 Å². The number of amides is 1. The highest BCUT2D eigenvalue weighted by Crippen LogP contribution is 2.29. The summed E-state index contributed by atoms with van der Waals surface area (Å²) in [5, 5.41) is 0. The van der Waals surface area contributed by atoms with Gasteiger partial charge in [0.2, 0.25) is 0 Å². The molecule has 1 aromatic heterocycles. The number of hydrogen-bond acceptors (Lipinski definition) is 3. The summed E-state index contributed by atoms with van der Waals surface area (Å²) in [6, 6.07) is 7.66. The third kappa shape index (κ3) is 2.94. The van der Waals surface area contributed by atoms with Crippen LogP contribution in [0.2, 0.25) is 0 Å². The molecule has 1 aliphatic rings. The van der Waals surface area contributed by atoms with Gasteiger partial charge in [-0.05, 0) is 30.3 Å². The Bertz CT molecular complexity index is 714. The summed E-state index contributed by atoms with van der Waals surface area (Å²) in [4.78, 5) is 14.7. The molecule has 1 aromatic carbocycles. The van der Waals surface area contributed by atoms with Gasteiger partial charge >= 0.3 is 0 Å². The summed E-state index contributed by atoms with van der Waals surface area (Å²) < 4.78 is 26.3. The normalized spacial score (nSPS) is 18.0. The Morgan fingerprint density at radius 2 is 2.22 bits per heavy atom. The minimum absolute atomic E-state index is 0.204. The second-order valence-corrected chi connectivity index (χ2v) is 5.48. The van der Waals surface area contributed by atoms with Crippen LogP contribution in [0, 0.1) is 5.82 Å². The fourth-order valence-electron chi connectivity index (χ4n) is 2.91. The molecule has 0 radical (unpaired) electrons. The maximum atomic E-state index is 13.6. The fourth-order valence-corrected chi connectivity index (χ4v) is 2.91. The molecule has 0 spiro atoms. The van der Waals surface area contributed by atoms with E-state index in [0.717, 1.165) is 5.69 Å². The zero-order valence-corrected chi connectivity index (χ0v) is 13.2. The topological polar surface area (TPSA) is 43.7 Å². The maximum Gasteiger partial charge on any atom is 0.258 e. The third-order valence-corrected chi connectivity index (χ3v) is 4.11. The van der Waals surface area contributed by atoms with Crippen molar-refractivity contribution in [3.63, 3.8) is 0 Å². The maximum absolute atomic E-state index is 13.6. The second-order valence-electron chi connectivity index (χ2n) is 5.48. The molecule has 1 unspecified atom stereocenters. The minimum atomic E-state index is -0.460. The van der Waals surface area contributed by atoms with Crippen LogP contribution in [0.15, 0.2) is 36.5 Å². The first-order valence-electron chi connectivity index (χ1n) is 7.45. The van der Waals surface area contributed by atoms with E-state index in [0.29, 0.717) is 25.5 Å². The predicted molar refractivity (Wildman–Crippen MR) is 83.0 cm³/mol. The quantitative estimate of drug-likeness (QED) is 0.873. The van der Waals surface area contributed by atoms with Gasteiger partial charge < -0.3 is 18.9 Å². The first-order valence-corrected chi connectivity index (χ1v) is 7.45. The molecule has 23 heavy (non-hydrogen) atoms. The lowest BCUT2D eigenvalue weighted by Crippen LogP contribution is -2.44. The third-order valence-electron chi connectivity index (χ3n) is 4.11. The van der Waals surface area contributed by atoms with Crippen molar-refractivity contribution in [3.05, 3.63) is 53.6 Å². The van der Waals surface area contributed by atoms with E-state index in [-0.39, 0.29) is 17.5 Å². The van der Waals surface area contributed by atoms with Crippen LogP contribution in [0.5, 0.6) is 5.75 Å². The molecule has 0 saturated carbocycles. The molecule has 5 nitrogen and oxygen atoms in total. The van der Waals surface area contributed by atoms with Crippen molar-refractivity contribution in [1.82, 2.24) is 9.47 Å². The van der Waals surface area contributed by atoms with Crippen LogP contribution in [0.25, 0.3) is 0 Å². The molecule has 6 heteroatoms. The van der Waals surface area contributed by atoms with Gasteiger partial charge in [0, 0.05) is 25.5 Å². The molecule has 1 amide bonds. The van der Waals surface area contributed by atoms with Crippen molar-refractivity contribution in [2.45, 2.75) is 6.04 Å². The number of carbonyl (C=O) groups is 1. The Hall–Kier alpha value is -2.34. The smallest absolute Gasteiger partial charge is 0.258 e. The van der Waals surface area contributed by atoms with E-state index in [1.807, 2.05) is 29.9 Å². The van der Waals surface area contributed by atoms with Gasteiger partial charge in [-0.1, -0.05) is 0 Å². The lowest BCUT2D eigenvalue weighted by atomic mass is 10.1. The van der Waals surface area contributed by atoms with Crippen LogP contribution in [0.3, 0.4) is 0 Å². The molecule has 1 fully saturated rings. The molecule has 0 N–H and O–H groups in total. The van der Waals surface area contributed by atoms with E-state index < -0.39 is 5.82 Å². The second kappa shape index (κ2) is 6.42. The average molecular weight is 318 g/mol. The van der Waals surface area contributed by atoms with Crippen molar-refractivity contribution in [3.8, 4) is 5.75 Å². The Balaban J connectivity index is 1.96. The summed E-state index contributed by atoms with van der Waals surface area (Å²) in [5.41, 5.74) is 1.21. The van der Waals surface area contributed by atoms with Gasteiger partial charge in [-0.15, -0.1) is 0 Å². The Morgan fingerprint density at radius 1 is 1.39 bits per heavy atom. The molecule has 1 atom stereocenters. The summed E-state index contributed by atoms with van der Waals surface area (Å²) in [5.74, 6) is -0.345. The largest absolute Gasteiger partial charge is 0.496 e. The van der Waals surface area contributed by atoms with E-state index in [1.165, 1.54) is 25.3 Å². The predicted octanol–water partition coefficient (Wildman–Crippen LogP) is 2.39. The van der Waals surface area contributed by atoms with Crippen molar-refractivity contribution in [2.24, 2.45) is 7.05 Å². The summed E-state index contributed by atoms with van der Waals surface area (Å²) in [6.07, 6.45) is 1.93. The van der Waals surface area contributed by atoms with E-state index in [2.05, 4.69) is 0 Å². The molecule has 2 aromatic rings.